The fourth-order valence-electron chi connectivity index (χ4n) is 6.55. The quantitative estimate of drug-likeness (QED) is 0.255. The zero-order chi connectivity index (χ0) is 26.8. The molecule has 6 rings (SSSR count). The van der Waals surface area contributed by atoms with Crippen LogP contribution in [0.1, 0.15) is 50.2 Å². The minimum Gasteiger partial charge on any atom is -0.497 e. The maximum atomic E-state index is 5.40. The monoisotopic (exact) mass is 517 g/mol. The van der Waals surface area contributed by atoms with Crippen LogP contribution in [0.3, 0.4) is 0 Å². The Hall–Kier alpha value is -3.56. The van der Waals surface area contributed by atoms with E-state index in [1.165, 1.54) is 76.6 Å². The first-order valence-electron chi connectivity index (χ1n) is 14.4. The van der Waals surface area contributed by atoms with Crippen LogP contribution in [0.2, 0.25) is 0 Å². The van der Waals surface area contributed by atoms with Crippen LogP contribution >= 0.6 is 0 Å². The van der Waals surface area contributed by atoms with Crippen molar-refractivity contribution in [2.24, 2.45) is 5.92 Å². The summed E-state index contributed by atoms with van der Waals surface area (Å²) in [5.74, 6) is 2.56. The Morgan fingerprint density at radius 3 is 1.46 bits per heavy atom. The molecule has 1 saturated carbocycles. The van der Waals surface area contributed by atoms with E-state index in [0.29, 0.717) is 6.04 Å². The Morgan fingerprint density at radius 2 is 1.03 bits per heavy atom. The van der Waals surface area contributed by atoms with Gasteiger partial charge in [0.25, 0.3) is 0 Å². The van der Waals surface area contributed by atoms with Gasteiger partial charge in [-0.3, -0.25) is 4.90 Å². The summed E-state index contributed by atoms with van der Waals surface area (Å²) in [4.78, 5) is 2.74. The Kier molecular flexibility index (Phi) is 7.43. The zero-order valence-corrected chi connectivity index (χ0v) is 23.5. The molecule has 200 valence electrons. The maximum Gasteiger partial charge on any atom is 0.118 e. The molecule has 4 aromatic rings. The average Bonchev–Trinajstić information content (AvgIpc) is 3.17. The average molecular weight is 518 g/mol. The first kappa shape index (κ1) is 25.7. The van der Waals surface area contributed by atoms with Crippen molar-refractivity contribution in [3.8, 4) is 44.9 Å². The SMILES string of the molecule is COc1ccc(-c2ccc3c(c2)-c2cc(-c4ccc(OC)cc4)ccc2CN([C@@H](C)C2CCCCC2)C3)cc1. The van der Waals surface area contributed by atoms with Crippen LogP contribution in [0.15, 0.2) is 84.9 Å². The molecule has 0 N–H and O–H groups in total. The fraction of sp³-hybridized carbons (Fsp3) is 0.333. The molecule has 4 aromatic carbocycles. The van der Waals surface area contributed by atoms with Crippen molar-refractivity contribution in [1.82, 2.24) is 4.90 Å². The highest BCUT2D eigenvalue weighted by atomic mass is 16.5. The van der Waals surface area contributed by atoms with Gasteiger partial charge in [0.05, 0.1) is 14.2 Å². The van der Waals surface area contributed by atoms with Crippen LogP contribution in [0.4, 0.5) is 0 Å². The van der Waals surface area contributed by atoms with Crippen molar-refractivity contribution in [2.45, 2.75) is 58.2 Å². The normalized spacial score (nSPS) is 16.6. The highest BCUT2D eigenvalue weighted by Crippen LogP contribution is 2.40. The summed E-state index contributed by atoms with van der Waals surface area (Å²) in [6.07, 6.45) is 6.89. The fourth-order valence-corrected chi connectivity index (χ4v) is 6.55. The van der Waals surface area contributed by atoms with Gasteiger partial charge in [0.15, 0.2) is 0 Å². The van der Waals surface area contributed by atoms with Crippen molar-refractivity contribution in [3.05, 3.63) is 96.1 Å². The predicted molar refractivity (Wildman–Crippen MR) is 161 cm³/mol. The molecule has 0 spiro atoms. The van der Waals surface area contributed by atoms with Crippen molar-refractivity contribution >= 4 is 0 Å². The molecule has 0 aromatic heterocycles. The number of ether oxygens (including phenoxy) is 2. The van der Waals surface area contributed by atoms with E-state index < -0.39 is 0 Å². The molecule has 1 aliphatic heterocycles. The summed E-state index contributed by atoms with van der Waals surface area (Å²) in [6.45, 7) is 4.45. The Labute approximate surface area is 233 Å². The van der Waals surface area contributed by atoms with Crippen LogP contribution in [0.5, 0.6) is 11.5 Å². The van der Waals surface area contributed by atoms with E-state index >= 15 is 0 Å². The lowest BCUT2D eigenvalue weighted by Gasteiger charge is -2.36. The van der Waals surface area contributed by atoms with Crippen LogP contribution in [0.25, 0.3) is 33.4 Å². The van der Waals surface area contributed by atoms with Crippen LogP contribution in [-0.2, 0) is 13.1 Å². The molecule has 1 aliphatic carbocycles. The van der Waals surface area contributed by atoms with Crippen molar-refractivity contribution < 1.29 is 9.47 Å². The van der Waals surface area contributed by atoms with E-state index in [4.69, 9.17) is 9.47 Å². The summed E-state index contributed by atoms with van der Waals surface area (Å²) in [5.41, 5.74) is 10.4. The van der Waals surface area contributed by atoms with Gasteiger partial charge in [-0.05, 0) is 107 Å². The molecule has 0 radical (unpaired) electrons. The van der Waals surface area contributed by atoms with Gasteiger partial charge in [-0.2, -0.15) is 0 Å². The van der Waals surface area contributed by atoms with E-state index in [1.807, 2.05) is 24.3 Å². The Morgan fingerprint density at radius 1 is 0.590 bits per heavy atom. The van der Waals surface area contributed by atoms with Gasteiger partial charge in [0, 0.05) is 19.1 Å². The Balaban J connectivity index is 1.43. The molecule has 0 saturated heterocycles. The summed E-state index contributed by atoms with van der Waals surface area (Å²) >= 11 is 0. The highest BCUT2D eigenvalue weighted by molar-refractivity contribution is 5.81. The second kappa shape index (κ2) is 11.3. The summed E-state index contributed by atoms with van der Waals surface area (Å²) in [5, 5.41) is 0. The van der Waals surface area contributed by atoms with Crippen molar-refractivity contribution in [1.29, 1.82) is 0 Å². The van der Waals surface area contributed by atoms with Gasteiger partial charge in [0.2, 0.25) is 0 Å². The second-order valence-corrected chi connectivity index (χ2v) is 11.2. The maximum absolute atomic E-state index is 5.40. The zero-order valence-electron chi connectivity index (χ0n) is 23.5. The molecule has 0 unspecified atom stereocenters. The largest absolute Gasteiger partial charge is 0.497 e. The van der Waals surface area contributed by atoms with E-state index in [2.05, 4.69) is 72.5 Å². The summed E-state index contributed by atoms with van der Waals surface area (Å²) in [6, 6.07) is 31.5. The molecule has 3 nitrogen and oxygen atoms in total. The first-order valence-corrected chi connectivity index (χ1v) is 14.4. The molecular formula is C36H39NO2. The molecule has 1 atom stereocenters. The lowest BCUT2D eigenvalue weighted by atomic mass is 9.83. The number of nitrogens with zero attached hydrogens (tertiary/aromatic N) is 1. The van der Waals surface area contributed by atoms with Gasteiger partial charge in [-0.15, -0.1) is 0 Å². The lowest BCUT2D eigenvalue weighted by molar-refractivity contribution is 0.116. The molecule has 1 heterocycles. The standard InChI is InChI=1S/C36H39NO2/c1-25(26-7-5-4-6-8-26)37-23-31-11-9-29(27-13-17-33(38-2)18-14-27)21-35(31)36-22-30(10-12-32(36)24-37)28-15-19-34(39-3)20-16-28/h9-22,25-26H,4-8,23-24H2,1-3H3/t25-/m0/s1. The van der Waals surface area contributed by atoms with Crippen LogP contribution in [0, 0.1) is 5.92 Å². The van der Waals surface area contributed by atoms with E-state index in [0.717, 1.165) is 30.5 Å². The van der Waals surface area contributed by atoms with Gasteiger partial charge in [-0.25, -0.2) is 0 Å². The van der Waals surface area contributed by atoms with Crippen molar-refractivity contribution in [3.63, 3.8) is 0 Å². The van der Waals surface area contributed by atoms with Gasteiger partial charge < -0.3 is 9.47 Å². The Bertz CT molecular complexity index is 1320. The number of methoxy groups -OCH3 is 2. The number of hydrogen-bond acceptors (Lipinski definition) is 3. The number of rotatable bonds is 6. The summed E-state index contributed by atoms with van der Waals surface area (Å²) < 4.78 is 10.8. The number of hydrogen-bond donors (Lipinski definition) is 0. The van der Waals surface area contributed by atoms with Gasteiger partial charge in [-0.1, -0.05) is 67.8 Å². The molecular weight excluding hydrogens is 478 g/mol. The predicted octanol–water partition coefficient (Wildman–Crippen LogP) is 8.99. The minimum atomic E-state index is 0.576. The molecule has 3 heteroatoms. The number of fused-ring (bicyclic) bond motifs is 3. The van der Waals surface area contributed by atoms with E-state index in [9.17, 15) is 0 Å². The molecule has 2 aliphatic rings. The molecule has 0 amide bonds. The second-order valence-electron chi connectivity index (χ2n) is 11.2. The molecule has 39 heavy (non-hydrogen) atoms. The van der Waals surface area contributed by atoms with Gasteiger partial charge in [0.1, 0.15) is 11.5 Å². The van der Waals surface area contributed by atoms with E-state index in [-0.39, 0.29) is 0 Å². The van der Waals surface area contributed by atoms with Crippen LogP contribution < -0.4 is 9.47 Å². The van der Waals surface area contributed by atoms with E-state index in [1.54, 1.807) is 14.2 Å². The third-order valence-electron chi connectivity index (χ3n) is 9.01. The third-order valence-corrected chi connectivity index (χ3v) is 9.01. The topological polar surface area (TPSA) is 21.7 Å². The third kappa shape index (κ3) is 5.33. The lowest BCUT2D eigenvalue weighted by Crippen LogP contribution is -2.38. The minimum absolute atomic E-state index is 0.576. The van der Waals surface area contributed by atoms with Crippen molar-refractivity contribution in [2.75, 3.05) is 14.2 Å². The number of benzene rings is 4. The highest BCUT2D eigenvalue weighted by Gasteiger charge is 2.29. The molecule has 1 fully saturated rings. The summed E-state index contributed by atoms with van der Waals surface area (Å²) in [7, 11) is 3.43. The smallest absolute Gasteiger partial charge is 0.118 e. The van der Waals surface area contributed by atoms with Gasteiger partial charge >= 0.3 is 0 Å². The first-order chi connectivity index (χ1) is 19.1. The van der Waals surface area contributed by atoms with Crippen LogP contribution in [-0.4, -0.2) is 25.2 Å². The molecule has 0 bridgehead atoms.